The van der Waals surface area contributed by atoms with E-state index in [1.807, 2.05) is 30.3 Å². The summed E-state index contributed by atoms with van der Waals surface area (Å²) < 4.78 is 40.5. The summed E-state index contributed by atoms with van der Waals surface area (Å²) in [6, 6.07) is 14.9. The topological polar surface area (TPSA) is 30.7 Å². The first-order valence-electron chi connectivity index (χ1n) is 6.77. The Morgan fingerprint density at radius 3 is 2.32 bits per heavy atom. The molecule has 1 heterocycles. The fourth-order valence-corrected chi connectivity index (χ4v) is 2.29. The van der Waals surface area contributed by atoms with E-state index in [1.54, 1.807) is 12.3 Å². The molecular formula is C15H12BF3N3-. The van der Waals surface area contributed by atoms with Crippen molar-refractivity contribution in [3.63, 3.8) is 0 Å². The maximum absolute atomic E-state index is 13.0. The molecule has 0 aliphatic carbocycles. The molecule has 3 rings (SSSR count). The molecule has 0 unspecified atom stereocenters. The minimum Gasteiger partial charge on any atom is -0.445 e. The van der Waals surface area contributed by atoms with E-state index >= 15 is 0 Å². The van der Waals surface area contributed by atoms with Crippen molar-refractivity contribution in [1.82, 2.24) is 15.0 Å². The second-order valence-corrected chi connectivity index (χ2v) is 4.94. The quantitative estimate of drug-likeness (QED) is 0.694. The first kappa shape index (κ1) is 14.4. The third-order valence-electron chi connectivity index (χ3n) is 3.35. The minimum absolute atomic E-state index is 0.0390. The van der Waals surface area contributed by atoms with E-state index in [-0.39, 0.29) is 12.1 Å². The summed E-state index contributed by atoms with van der Waals surface area (Å²) in [6.07, 6.45) is 1.65. The first-order valence-corrected chi connectivity index (χ1v) is 6.77. The predicted octanol–water partition coefficient (Wildman–Crippen LogP) is 3.05. The van der Waals surface area contributed by atoms with E-state index in [4.69, 9.17) is 0 Å². The summed E-state index contributed by atoms with van der Waals surface area (Å²) in [6.45, 7) is -5.00. The summed E-state index contributed by atoms with van der Waals surface area (Å²) >= 11 is 0. The van der Waals surface area contributed by atoms with E-state index in [9.17, 15) is 12.9 Å². The molecule has 0 bridgehead atoms. The Hall–Kier alpha value is -2.57. The maximum Gasteiger partial charge on any atom is 0.509 e. The number of hydrogen-bond donors (Lipinski definition) is 0. The fraction of sp³-hybridized carbons (Fsp3) is 0.0667. The number of nitrogens with zero attached hydrogens (tertiary/aromatic N) is 3. The van der Waals surface area contributed by atoms with Crippen LogP contribution in [0.4, 0.5) is 12.9 Å². The van der Waals surface area contributed by atoms with Crippen molar-refractivity contribution in [2.75, 3.05) is 0 Å². The molecule has 0 amide bonds. The Labute approximate surface area is 125 Å². The van der Waals surface area contributed by atoms with Gasteiger partial charge in [-0.25, -0.2) is 4.68 Å². The van der Waals surface area contributed by atoms with Crippen molar-refractivity contribution in [3.8, 4) is 11.3 Å². The first-order chi connectivity index (χ1) is 10.5. The Morgan fingerprint density at radius 2 is 1.59 bits per heavy atom. The lowest BCUT2D eigenvalue weighted by molar-refractivity contribution is 0.499. The zero-order valence-electron chi connectivity index (χ0n) is 11.5. The molecule has 3 nitrogen and oxygen atoms in total. The number of rotatable bonds is 4. The van der Waals surface area contributed by atoms with E-state index in [2.05, 4.69) is 10.3 Å². The summed E-state index contributed by atoms with van der Waals surface area (Å²) in [5.41, 5.74) is 1.12. The lowest BCUT2D eigenvalue weighted by Crippen LogP contribution is -2.37. The van der Waals surface area contributed by atoms with Crippen LogP contribution in [0, 0.1) is 0 Å². The van der Waals surface area contributed by atoms with Gasteiger partial charge in [-0.3, -0.25) is 0 Å². The Bertz CT molecular complexity index is 769. The van der Waals surface area contributed by atoms with Gasteiger partial charge in [-0.1, -0.05) is 65.4 Å². The Morgan fingerprint density at radius 1 is 0.909 bits per heavy atom. The van der Waals surface area contributed by atoms with Gasteiger partial charge in [0.2, 0.25) is 0 Å². The fourth-order valence-electron chi connectivity index (χ4n) is 2.29. The van der Waals surface area contributed by atoms with Gasteiger partial charge in [0.05, 0.1) is 12.7 Å². The van der Waals surface area contributed by atoms with E-state index in [0.717, 1.165) is 11.6 Å². The van der Waals surface area contributed by atoms with Crippen molar-refractivity contribution in [2.24, 2.45) is 0 Å². The van der Waals surface area contributed by atoms with Crippen LogP contribution in [0.15, 0.2) is 60.8 Å². The molecule has 3 aromatic rings. The Kier molecular flexibility index (Phi) is 3.71. The third kappa shape index (κ3) is 3.03. The summed E-state index contributed by atoms with van der Waals surface area (Å²) in [4.78, 5) is 0. The second-order valence-electron chi connectivity index (χ2n) is 4.94. The molecule has 2 aromatic carbocycles. The average molecular weight is 302 g/mol. The molecular weight excluding hydrogens is 290 g/mol. The predicted molar refractivity (Wildman–Crippen MR) is 79.7 cm³/mol. The lowest BCUT2D eigenvalue weighted by Gasteiger charge is -2.19. The van der Waals surface area contributed by atoms with Crippen LogP contribution in [0.3, 0.4) is 0 Å². The monoisotopic (exact) mass is 302 g/mol. The van der Waals surface area contributed by atoms with Crippen LogP contribution in [-0.2, 0) is 6.54 Å². The number of hydrogen-bond acceptors (Lipinski definition) is 2. The Balaban J connectivity index is 1.88. The minimum atomic E-state index is -5.04. The smallest absolute Gasteiger partial charge is 0.445 e. The van der Waals surface area contributed by atoms with Crippen LogP contribution in [0.2, 0.25) is 0 Å². The highest BCUT2D eigenvalue weighted by Crippen LogP contribution is 2.16. The number of benzene rings is 2. The molecule has 0 fully saturated rings. The third-order valence-corrected chi connectivity index (χ3v) is 3.35. The largest absolute Gasteiger partial charge is 0.509 e. The van der Waals surface area contributed by atoms with E-state index in [0.29, 0.717) is 5.69 Å². The highest BCUT2D eigenvalue weighted by Gasteiger charge is 2.27. The molecule has 0 N–H and O–H groups in total. The van der Waals surface area contributed by atoms with Crippen LogP contribution in [0.25, 0.3) is 11.3 Å². The van der Waals surface area contributed by atoms with Crippen molar-refractivity contribution in [3.05, 3.63) is 66.4 Å². The van der Waals surface area contributed by atoms with Crippen LogP contribution in [0.5, 0.6) is 0 Å². The van der Waals surface area contributed by atoms with Gasteiger partial charge in [-0.05, 0) is 0 Å². The van der Waals surface area contributed by atoms with Crippen LogP contribution >= 0.6 is 0 Å². The lowest BCUT2D eigenvalue weighted by atomic mass is 9.77. The standard InChI is InChI=1S/C15H12BF3N3/c17-16(18,19)14-9-5-4-8-13(14)10-22-11-15(20-21-22)12-6-2-1-3-7-12/h1-9,11H,10H2/q-1. The normalized spacial score (nSPS) is 11.6. The highest BCUT2D eigenvalue weighted by molar-refractivity contribution is 6.74. The molecule has 0 saturated carbocycles. The molecule has 0 aliphatic heterocycles. The zero-order valence-corrected chi connectivity index (χ0v) is 11.5. The molecule has 22 heavy (non-hydrogen) atoms. The van der Waals surface area contributed by atoms with E-state index in [1.165, 1.54) is 16.8 Å². The number of halogens is 3. The van der Waals surface area contributed by atoms with Gasteiger partial charge in [-0.2, -0.15) is 0 Å². The van der Waals surface area contributed by atoms with Crippen molar-refractivity contribution in [2.45, 2.75) is 6.54 Å². The molecule has 0 spiro atoms. The van der Waals surface area contributed by atoms with E-state index < -0.39 is 12.4 Å². The summed E-state index contributed by atoms with van der Waals surface area (Å²) in [5.74, 6) is 0. The van der Waals surface area contributed by atoms with Gasteiger partial charge in [0.15, 0.2) is 0 Å². The molecule has 0 radical (unpaired) electrons. The van der Waals surface area contributed by atoms with Crippen molar-refractivity contribution >= 4 is 12.4 Å². The number of aromatic nitrogens is 3. The average Bonchev–Trinajstić information content (AvgIpc) is 2.96. The molecule has 7 heteroatoms. The molecule has 0 aliphatic rings. The molecule has 1 aromatic heterocycles. The summed E-state index contributed by atoms with van der Waals surface area (Å²) in [7, 11) is 0. The van der Waals surface area contributed by atoms with Gasteiger partial charge in [0.25, 0.3) is 0 Å². The molecule has 112 valence electrons. The van der Waals surface area contributed by atoms with Crippen LogP contribution in [-0.4, -0.2) is 22.0 Å². The van der Waals surface area contributed by atoms with Gasteiger partial charge < -0.3 is 12.9 Å². The van der Waals surface area contributed by atoms with Gasteiger partial charge in [0.1, 0.15) is 5.69 Å². The second kappa shape index (κ2) is 5.67. The van der Waals surface area contributed by atoms with Crippen molar-refractivity contribution in [1.29, 1.82) is 0 Å². The van der Waals surface area contributed by atoms with Crippen LogP contribution < -0.4 is 5.46 Å². The van der Waals surface area contributed by atoms with Gasteiger partial charge >= 0.3 is 6.98 Å². The molecule has 0 saturated heterocycles. The highest BCUT2D eigenvalue weighted by atomic mass is 19.4. The maximum atomic E-state index is 13.0. The summed E-state index contributed by atoms with van der Waals surface area (Å²) in [5, 5.41) is 7.93. The van der Waals surface area contributed by atoms with Crippen molar-refractivity contribution < 1.29 is 12.9 Å². The SMILES string of the molecule is F[B-](F)(F)c1ccccc1Cn1cc(-c2ccccc2)nn1. The van der Waals surface area contributed by atoms with Crippen LogP contribution in [0.1, 0.15) is 5.56 Å². The van der Waals surface area contributed by atoms with Gasteiger partial charge in [-0.15, -0.1) is 10.6 Å². The molecule has 0 atom stereocenters. The zero-order chi connectivity index (χ0) is 15.6. The van der Waals surface area contributed by atoms with Gasteiger partial charge in [0, 0.05) is 5.56 Å².